The topological polar surface area (TPSA) is 116 Å². The average Bonchev–Trinajstić information content (AvgIpc) is 3.33. The van der Waals surface area contributed by atoms with Gasteiger partial charge in [-0.2, -0.15) is 0 Å². The number of carbonyl (C=O) groups is 4. The molecule has 0 aromatic heterocycles. The molecule has 6 rings (SSSR count). The van der Waals surface area contributed by atoms with E-state index >= 15 is 0 Å². The maximum atomic E-state index is 13.2. The van der Waals surface area contributed by atoms with Crippen molar-refractivity contribution in [2.45, 2.75) is 68.7 Å². The van der Waals surface area contributed by atoms with Gasteiger partial charge in [-0.3, -0.25) is 39.2 Å². The van der Waals surface area contributed by atoms with E-state index in [9.17, 15) is 19.2 Å². The van der Waals surface area contributed by atoms with Crippen LogP contribution in [0.2, 0.25) is 0 Å². The highest BCUT2D eigenvalue weighted by molar-refractivity contribution is 6.23. The fourth-order valence-corrected chi connectivity index (χ4v) is 6.84. The lowest BCUT2D eigenvalue weighted by molar-refractivity contribution is -0.136. The number of imide groups is 2. The summed E-state index contributed by atoms with van der Waals surface area (Å²) in [5.41, 5.74) is 8.02. The first-order valence-corrected chi connectivity index (χ1v) is 12.0. The summed E-state index contributed by atoms with van der Waals surface area (Å²) >= 11 is 0. The highest BCUT2D eigenvalue weighted by atomic mass is 16.2. The molecule has 3 N–H and O–H groups in total. The molecule has 1 aromatic carbocycles. The Bertz CT molecular complexity index is 1060. The third-order valence-corrected chi connectivity index (χ3v) is 8.38. The monoisotopic (exact) mass is 451 g/mol. The molecule has 0 radical (unpaired) electrons. The number of nitrogens with two attached hydrogens (primary N) is 1. The van der Waals surface area contributed by atoms with Gasteiger partial charge in [-0.25, -0.2) is 0 Å². The fraction of sp³-hybridized carbons (Fsp3) is 0.583. The van der Waals surface area contributed by atoms with E-state index < -0.39 is 23.8 Å². The maximum absolute atomic E-state index is 13.2. The highest BCUT2D eigenvalue weighted by Crippen LogP contribution is 2.48. The van der Waals surface area contributed by atoms with Gasteiger partial charge in [0.1, 0.15) is 6.04 Å². The Morgan fingerprint density at radius 3 is 2.55 bits per heavy atom. The minimum Gasteiger partial charge on any atom is -0.328 e. The van der Waals surface area contributed by atoms with Crippen LogP contribution >= 0.6 is 0 Å². The zero-order chi connectivity index (χ0) is 22.9. The van der Waals surface area contributed by atoms with Crippen LogP contribution in [0.15, 0.2) is 18.2 Å². The standard InChI is InChI=1S/C24H29N5O4/c25-15-11-24(12-15)19-2-1-7-27(19)8-9-28(24)13-14-3-4-16-17(10-14)23(33)29(22(16)32)18-5-6-20(30)26-21(18)31/h3-4,10,15,18-19H,1-2,5-9,11-13,25H2,(H,26,30,31). The molecule has 1 saturated carbocycles. The highest BCUT2D eigenvalue weighted by Gasteiger charge is 2.57. The van der Waals surface area contributed by atoms with Crippen molar-refractivity contribution >= 4 is 23.6 Å². The number of hydrogen-bond acceptors (Lipinski definition) is 7. The number of amides is 4. The fourth-order valence-electron chi connectivity index (χ4n) is 6.84. The van der Waals surface area contributed by atoms with Crippen molar-refractivity contribution < 1.29 is 19.2 Å². The summed E-state index contributed by atoms with van der Waals surface area (Å²) in [6.07, 6.45) is 4.73. The minimum absolute atomic E-state index is 0.103. The predicted octanol–water partition coefficient (Wildman–Crippen LogP) is 0.228. The summed E-state index contributed by atoms with van der Waals surface area (Å²) in [4.78, 5) is 56.1. The van der Waals surface area contributed by atoms with Crippen molar-refractivity contribution in [1.29, 1.82) is 0 Å². The van der Waals surface area contributed by atoms with Crippen LogP contribution in [0.1, 0.15) is 64.8 Å². The van der Waals surface area contributed by atoms with Gasteiger partial charge < -0.3 is 5.73 Å². The molecule has 9 nitrogen and oxygen atoms in total. The number of benzene rings is 1. The molecule has 1 aliphatic carbocycles. The minimum atomic E-state index is -0.936. The molecule has 33 heavy (non-hydrogen) atoms. The number of nitrogens with zero attached hydrogens (tertiary/aromatic N) is 3. The molecule has 1 aromatic rings. The van der Waals surface area contributed by atoms with E-state index in [0.717, 1.165) is 36.4 Å². The van der Waals surface area contributed by atoms with Crippen molar-refractivity contribution in [3.63, 3.8) is 0 Å². The van der Waals surface area contributed by atoms with Crippen molar-refractivity contribution in [1.82, 2.24) is 20.0 Å². The number of fused-ring (bicyclic) bond motifs is 3. The maximum Gasteiger partial charge on any atom is 0.262 e. The van der Waals surface area contributed by atoms with Gasteiger partial charge in [0.05, 0.1) is 11.1 Å². The molecule has 3 saturated heterocycles. The summed E-state index contributed by atoms with van der Waals surface area (Å²) in [6, 6.07) is 5.30. The van der Waals surface area contributed by atoms with Gasteiger partial charge in [-0.1, -0.05) is 6.07 Å². The molecule has 174 valence electrons. The van der Waals surface area contributed by atoms with Gasteiger partial charge in [-0.15, -0.1) is 0 Å². The summed E-state index contributed by atoms with van der Waals surface area (Å²) in [7, 11) is 0. The Morgan fingerprint density at radius 1 is 1.00 bits per heavy atom. The second kappa shape index (κ2) is 7.44. The van der Waals surface area contributed by atoms with Gasteiger partial charge in [0.15, 0.2) is 0 Å². The second-order valence-corrected chi connectivity index (χ2v) is 10.2. The number of hydrogen-bond donors (Lipinski definition) is 2. The van der Waals surface area contributed by atoms with Gasteiger partial charge in [0.25, 0.3) is 11.8 Å². The normalized spacial score (nSPS) is 34.5. The number of piperidine rings is 1. The number of rotatable bonds is 3. The van der Waals surface area contributed by atoms with E-state index in [0.29, 0.717) is 23.7 Å². The lowest BCUT2D eigenvalue weighted by atomic mass is 9.65. The first-order chi connectivity index (χ1) is 15.9. The number of piperazine rings is 1. The van der Waals surface area contributed by atoms with Crippen LogP contribution in [0.5, 0.6) is 0 Å². The summed E-state index contributed by atoms with van der Waals surface area (Å²) in [5.74, 6) is -1.87. The van der Waals surface area contributed by atoms with E-state index in [1.165, 1.54) is 19.4 Å². The third-order valence-electron chi connectivity index (χ3n) is 8.38. The molecule has 1 spiro atoms. The van der Waals surface area contributed by atoms with Crippen LogP contribution in [-0.4, -0.2) is 81.6 Å². The largest absolute Gasteiger partial charge is 0.328 e. The predicted molar refractivity (Wildman–Crippen MR) is 118 cm³/mol. The first-order valence-electron chi connectivity index (χ1n) is 12.0. The van der Waals surface area contributed by atoms with Crippen molar-refractivity contribution in [2.24, 2.45) is 5.73 Å². The van der Waals surface area contributed by atoms with Gasteiger partial charge >= 0.3 is 0 Å². The molecule has 2 unspecified atom stereocenters. The Morgan fingerprint density at radius 2 is 1.79 bits per heavy atom. The second-order valence-electron chi connectivity index (χ2n) is 10.2. The summed E-state index contributed by atoms with van der Waals surface area (Å²) in [6.45, 7) is 3.90. The van der Waals surface area contributed by atoms with Crippen LogP contribution in [0.3, 0.4) is 0 Å². The van der Waals surface area contributed by atoms with E-state index in [1.807, 2.05) is 12.1 Å². The molecule has 4 fully saturated rings. The molecule has 4 heterocycles. The van der Waals surface area contributed by atoms with Crippen LogP contribution in [0, 0.1) is 0 Å². The van der Waals surface area contributed by atoms with Crippen molar-refractivity contribution in [3.05, 3.63) is 34.9 Å². The van der Waals surface area contributed by atoms with Crippen LogP contribution in [0.25, 0.3) is 0 Å². The van der Waals surface area contributed by atoms with E-state index in [4.69, 9.17) is 5.73 Å². The zero-order valence-corrected chi connectivity index (χ0v) is 18.6. The average molecular weight is 452 g/mol. The third kappa shape index (κ3) is 3.09. The Labute approximate surface area is 192 Å². The van der Waals surface area contributed by atoms with Crippen molar-refractivity contribution in [2.75, 3.05) is 19.6 Å². The lowest BCUT2D eigenvalue weighted by Gasteiger charge is -2.61. The van der Waals surface area contributed by atoms with Crippen molar-refractivity contribution in [3.8, 4) is 0 Å². The molecule has 4 amide bonds. The number of carbonyl (C=O) groups excluding carboxylic acids is 4. The SMILES string of the molecule is NC1CC2(C1)C1CCCN1CCN2Cc1ccc2c(c1)C(=O)N(C1CCC(=O)NC1=O)C2=O. The lowest BCUT2D eigenvalue weighted by Crippen LogP contribution is -2.73. The molecular weight excluding hydrogens is 422 g/mol. The quantitative estimate of drug-likeness (QED) is 0.632. The molecule has 2 atom stereocenters. The smallest absolute Gasteiger partial charge is 0.262 e. The Hall–Kier alpha value is -2.62. The van der Waals surface area contributed by atoms with Crippen LogP contribution < -0.4 is 11.1 Å². The van der Waals surface area contributed by atoms with Crippen LogP contribution in [0.4, 0.5) is 0 Å². The van der Waals surface area contributed by atoms with Crippen LogP contribution in [-0.2, 0) is 16.1 Å². The van der Waals surface area contributed by atoms with E-state index in [2.05, 4.69) is 15.1 Å². The van der Waals surface area contributed by atoms with E-state index in [-0.39, 0.29) is 30.3 Å². The van der Waals surface area contributed by atoms with Gasteiger partial charge in [-0.05, 0) is 56.3 Å². The molecule has 5 aliphatic rings. The molecular formula is C24H29N5O4. The summed E-state index contributed by atoms with van der Waals surface area (Å²) < 4.78 is 0. The summed E-state index contributed by atoms with van der Waals surface area (Å²) in [5, 5.41) is 2.24. The zero-order valence-electron chi connectivity index (χ0n) is 18.6. The van der Waals surface area contributed by atoms with Gasteiger partial charge in [0, 0.05) is 43.7 Å². The van der Waals surface area contributed by atoms with Gasteiger partial charge in [0.2, 0.25) is 11.8 Å². The van der Waals surface area contributed by atoms with E-state index in [1.54, 1.807) is 6.07 Å². The molecule has 9 heteroatoms. The Kier molecular flexibility index (Phi) is 4.73. The number of nitrogens with one attached hydrogen (secondary N) is 1. The Balaban J connectivity index is 1.25. The first kappa shape index (κ1) is 20.9. The molecule has 0 bridgehead atoms. The molecule has 4 aliphatic heterocycles.